The van der Waals surface area contributed by atoms with Gasteiger partial charge < -0.3 is 9.13 Å². The molecule has 2 aromatic heterocycles. The Morgan fingerprint density at radius 3 is 1.33 bits per heavy atom. The molecular formula is C60H42N2Si. The molecule has 2 heterocycles. The van der Waals surface area contributed by atoms with E-state index in [1.54, 1.807) is 0 Å². The summed E-state index contributed by atoms with van der Waals surface area (Å²) in [4.78, 5) is 0. The molecule has 0 atom stereocenters. The van der Waals surface area contributed by atoms with E-state index in [0.29, 0.717) is 0 Å². The molecule has 0 aliphatic rings. The Hall–Kier alpha value is -7.98. The molecule has 3 heteroatoms. The van der Waals surface area contributed by atoms with Gasteiger partial charge in [-0.15, -0.1) is 0 Å². The number of fused-ring (bicyclic) bond motifs is 6. The Balaban J connectivity index is 1.25. The molecule has 0 saturated carbocycles. The van der Waals surface area contributed by atoms with Gasteiger partial charge in [0.2, 0.25) is 0 Å². The van der Waals surface area contributed by atoms with Crippen molar-refractivity contribution in [3.8, 4) is 33.6 Å². The average Bonchev–Trinajstić information content (AvgIpc) is 3.89. The number of rotatable bonds is 8. The minimum absolute atomic E-state index is 1.14. The Morgan fingerprint density at radius 1 is 0.270 bits per heavy atom. The maximum Gasteiger partial charge on any atom is 0.179 e. The van der Waals surface area contributed by atoms with Crippen molar-refractivity contribution in [2.45, 2.75) is 0 Å². The Kier molecular flexibility index (Phi) is 8.87. The van der Waals surface area contributed by atoms with Crippen LogP contribution < -0.4 is 20.7 Å². The zero-order chi connectivity index (χ0) is 41.7. The molecule has 0 spiro atoms. The van der Waals surface area contributed by atoms with Gasteiger partial charge in [-0.3, -0.25) is 0 Å². The van der Waals surface area contributed by atoms with Crippen molar-refractivity contribution in [1.82, 2.24) is 9.13 Å². The summed E-state index contributed by atoms with van der Waals surface area (Å²) in [5.41, 5.74) is 11.8. The predicted molar refractivity (Wildman–Crippen MR) is 270 cm³/mol. The summed E-state index contributed by atoms with van der Waals surface area (Å²) in [5, 5.41) is 10.3. The first-order valence-corrected chi connectivity index (χ1v) is 23.8. The van der Waals surface area contributed by atoms with Crippen LogP contribution in [-0.2, 0) is 0 Å². The van der Waals surface area contributed by atoms with Gasteiger partial charge in [0.15, 0.2) is 8.07 Å². The summed E-state index contributed by atoms with van der Waals surface area (Å²) < 4.78 is 5.10. The number of nitrogens with zero attached hydrogens (tertiary/aromatic N) is 2. The van der Waals surface area contributed by atoms with E-state index >= 15 is 0 Å². The third kappa shape index (κ3) is 5.78. The standard InChI is InChI=1S/C60H42N2Si/c1-6-22-43(23-7-1)49-32-16-19-35-54(49)62-56-37-21-18-34-53(56)59-50(44-24-8-2-9-25-44)40-41-57(60(59)62)61-55-36-20-17-33-51(55)52-39-38-48(42-58(52)61)63(45-26-10-3-11-27-45,46-28-12-4-13-29-46)47-30-14-5-15-31-47/h1-42H. The van der Waals surface area contributed by atoms with Gasteiger partial charge in [-0.05, 0) is 67.8 Å². The summed E-state index contributed by atoms with van der Waals surface area (Å²) in [5.74, 6) is 0. The molecule has 0 aliphatic heterocycles. The van der Waals surface area contributed by atoms with Gasteiger partial charge in [0.25, 0.3) is 0 Å². The van der Waals surface area contributed by atoms with Gasteiger partial charge in [0.05, 0.1) is 33.4 Å². The second-order valence-electron chi connectivity index (χ2n) is 16.4. The maximum atomic E-state index is 2.56. The lowest BCUT2D eigenvalue weighted by Crippen LogP contribution is -2.74. The monoisotopic (exact) mass is 818 g/mol. The smallest absolute Gasteiger partial charge is 0.179 e. The van der Waals surface area contributed by atoms with E-state index in [2.05, 4.69) is 264 Å². The first-order valence-electron chi connectivity index (χ1n) is 21.8. The SMILES string of the molecule is c1ccc(-c2ccccc2-n2c3ccccc3c3c(-c4ccccc4)ccc(-n4c5ccccc5c5ccc([Si](c6ccccc6)(c6ccccc6)c6ccccc6)cc54)c32)cc1. The molecule has 0 bridgehead atoms. The van der Waals surface area contributed by atoms with Crippen molar-refractivity contribution in [2.75, 3.05) is 0 Å². The summed E-state index contributed by atoms with van der Waals surface area (Å²) in [6.07, 6.45) is 0. The Labute approximate surface area is 368 Å². The first-order chi connectivity index (χ1) is 31.3. The van der Waals surface area contributed by atoms with Crippen molar-refractivity contribution in [3.63, 3.8) is 0 Å². The summed E-state index contributed by atoms with van der Waals surface area (Å²) >= 11 is 0. The summed E-state index contributed by atoms with van der Waals surface area (Å²) in [6, 6.07) is 94.3. The van der Waals surface area contributed by atoms with E-state index in [1.165, 1.54) is 86.6 Å². The lowest BCUT2D eigenvalue weighted by atomic mass is 9.98. The van der Waals surface area contributed by atoms with E-state index in [1.807, 2.05) is 0 Å². The fourth-order valence-electron chi connectivity index (χ4n) is 10.4. The molecule has 63 heavy (non-hydrogen) atoms. The Morgan fingerprint density at radius 2 is 0.730 bits per heavy atom. The molecule has 296 valence electrons. The lowest BCUT2D eigenvalue weighted by molar-refractivity contribution is 1.13. The van der Waals surface area contributed by atoms with Crippen molar-refractivity contribution < 1.29 is 0 Å². The van der Waals surface area contributed by atoms with Crippen LogP contribution in [0.4, 0.5) is 0 Å². The third-order valence-corrected chi connectivity index (χ3v) is 17.9. The average molecular weight is 819 g/mol. The van der Waals surface area contributed by atoms with Crippen molar-refractivity contribution in [2.24, 2.45) is 0 Å². The molecule has 0 saturated heterocycles. The highest BCUT2D eigenvalue weighted by Gasteiger charge is 2.41. The zero-order valence-corrected chi connectivity index (χ0v) is 35.6. The molecule has 0 unspecified atom stereocenters. The van der Waals surface area contributed by atoms with Gasteiger partial charge in [-0.2, -0.15) is 0 Å². The van der Waals surface area contributed by atoms with Gasteiger partial charge >= 0.3 is 0 Å². The molecule has 0 aliphatic carbocycles. The fourth-order valence-corrected chi connectivity index (χ4v) is 15.2. The van der Waals surface area contributed by atoms with Crippen LogP contribution in [0, 0.1) is 0 Å². The lowest BCUT2D eigenvalue weighted by Gasteiger charge is -2.34. The highest BCUT2D eigenvalue weighted by molar-refractivity contribution is 7.20. The minimum atomic E-state index is -2.85. The van der Waals surface area contributed by atoms with Crippen molar-refractivity contribution in [3.05, 3.63) is 255 Å². The van der Waals surface area contributed by atoms with E-state index < -0.39 is 8.07 Å². The van der Waals surface area contributed by atoms with Gasteiger partial charge in [-0.1, -0.05) is 224 Å². The summed E-state index contributed by atoms with van der Waals surface area (Å²) in [7, 11) is -2.85. The minimum Gasteiger partial charge on any atom is -0.307 e. The number of para-hydroxylation sites is 3. The topological polar surface area (TPSA) is 9.86 Å². The molecule has 0 N–H and O–H groups in total. The molecule has 2 nitrogen and oxygen atoms in total. The number of hydrogen-bond donors (Lipinski definition) is 0. The van der Waals surface area contributed by atoms with E-state index in [9.17, 15) is 0 Å². The second kappa shape index (κ2) is 15.2. The normalized spacial score (nSPS) is 11.8. The largest absolute Gasteiger partial charge is 0.307 e. The highest BCUT2D eigenvalue weighted by Crippen LogP contribution is 2.45. The summed E-state index contributed by atoms with van der Waals surface area (Å²) in [6.45, 7) is 0. The van der Waals surface area contributed by atoms with Crippen molar-refractivity contribution in [1.29, 1.82) is 0 Å². The van der Waals surface area contributed by atoms with Crippen LogP contribution in [0.3, 0.4) is 0 Å². The van der Waals surface area contributed by atoms with Crippen LogP contribution in [0.15, 0.2) is 255 Å². The van der Waals surface area contributed by atoms with Crippen LogP contribution in [0.2, 0.25) is 0 Å². The van der Waals surface area contributed by atoms with Gasteiger partial charge in [0.1, 0.15) is 0 Å². The van der Waals surface area contributed by atoms with Gasteiger partial charge in [-0.25, -0.2) is 0 Å². The highest BCUT2D eigenvalue weighted by atomic mass is 28.3. The molecule has 12 aromatic rings. The molecule has 10 aromatic carbocycles. The van der Waals surface area contributed by atoms with Gasteiger partial charge in [0, 0.05) is 27.1 Å². The van der Waals surface area contributed by atoms with Crippen LogP contribution in [0.1, 0.15) is 0 Å². The van der Waals surface area contributed by atoms with Crippen LogP contribution in [-0.4, -0.2) is 17.2 Å². The molecule has 0 fully saturated rings. The molecule has 0 amide bonds. The number of hydrogen-bond acceptors (Lipinski definition) is 0. The van der Waals surface area contributed by atoms with E-state index in [-0.39, 0.29) is 0 Å². The zero-order valence-electron chi connectivity index (χ0n) is 34.6. The number of aromatic nitrogens is 2. The number of benzene rings is 10. The van der Waals surface area contributed by atoms with Crippen molar-refractivity contribution >= 4 is 72.4 Å². The Bertz CT molecular complexity index is 3500. The molecule has 0 radical (unpaired) electrons. The third-order valence-electron chi connectivity index (χ3n) is 13.1. The quantitative estimate of drug-likeness (QED) is 0.107. The van der Waals surface area contributed by atoms with Crippen LogP contribution in [0.25, 0.3) is 77.2 Å². The molecular weight excluding hydrogens is 777 g/mol. The van der Waals surface area contributed by atoms with Crippen LogP contribution in [0.5, 0.6) is 0 Å². The fraction of sp³-hybridized carbons (Fsp3) is 0. The molecule has 12 rings (SSSR count). The van der Waals surface area contributed by atoms with Crippen LogP contribution >= 0.6 is 0 Å². The van der Waals surface area contributed by atoms with E-state index in [0.717, 1.165) is 11.4 Å². The second-order valence-corrected chi connectivity index (χ2v) is 20.2. The van der Waals surface area contributed by atoms with E-state index in [4.69, 9.17) is 0 Å². The predicted octanol–water partition coefficient (Wildman–Crippen LogP) is 12.6. The maximum absolute atomic E-state index is 2.85. The first kappa shape index (κ1) is 36.8.